The number of carbonyl (C=O) groups is 1. The van der Waals surface area contributed by atoms with Crippen LogP contribution in [0.3, 0.4) is 0 Å². The molecule has 0 fully saturated rings. The normalized spacial score (nSPS) is 11.2. The van der Waals surface area contributed by atoms with Gasteiger partial charge in [0, 0.05) is 17.5 Å². The summed E-state index contributed by atoms with van der Waals surface area (Å²) in [7, 11) is 1.93. The molecule has 1 aromatic carbocycles. The summed E-state index contributed by atoms with van der Waals surface area (Å²) in [6.07, 6.45) is 1.77. The van der Waals surface area contributed by atoms with Gasteiger partial charge in [-0.1, -0.05) is 18.2 Å². The fraction of sp³-hybridized carbons (Fsp3) is 0.308. The first-order valence-electron chi connectivity index (χ1n) is 5.30. The molecule has 2 rings (SSSR count). The molecule has 3 heteroatoms. The third-order valence-corrected chi connectivity index (χ3v) is 2.49. The Bertz CT molecular complexity index is 501. The van der Waals surface area contributed by atoms with Crippen LogP contribution < -0.4 is 0 Å². The highest BCUT2D eigenvalue weighted by Crippen LogP contribution is 2.21. The van der Waals surface area contributed by atoms with E-state index in [-0.39, 0.29) is 5.78 Å². The molecule has 3 nitrogen and oxygen atoms in total. The van der Waals surface area contributed by atoms with Crippen LogP contribution in [0.25, 0.3) is 11.0 Å². The zero-order valence-electron chi connectivity index (χ0n) is 9.56. The molecule has 2 aromatic rings. The number of fused-ring (bicyclic) bond motifs is 1. The Morgan fingerprint density at radius 1 is 1.38 bits per heavy atom. The summed E-state index contributed by atoms with van der Waals surface area (Å²) in [4.78, 5) is 13.0. The number of Topliss-reactive ketones (excluding diaryl/α,β-unsaturated/α-hetero) is 1. The van der Waals surface area contributed by atoms with Gasteiger partial charge in [-0.15, -0.1) is 0 Å². The Balaban J connectivity index is 2.18. The number of rotatable bonds is 4. The lowest BCUT2D eigenvalue weighted by atomic mass is 10.1. The van der Waals surface area contributed by atoms with Crippen molar-refractivity contribution in [3.8, 4) is 0 Å². The van der Waals surface area contributed by atoms with Crippen LogP contribution in [-0.2, 0) is 11.3 Å². The monoisotopic (exact) mass is 217 g/mol. The first-order chi connectivity index (χ1) is 7.66. The molecule has 0 spiro atoms. The maximum Gasteiger partial charge on any atom is 0.143 e. The average Bonchev–Trinajstić information content (AvgIpc) is 2.61. The van der Waals surface area contributed by atoms with E-state index >= 15 is 0 Å². The maximum atomic E-state index is 11.0. The molecule has 0 aliphatic heterocycles. The molecule has 0 amide bonds. The summed E-state index contributed by atoms with van der Waals surface area (Å²) in [5.41, 5.74) is 2.02. The molecular weight excluding hydrogens is 202 g/mol. The van der Waals surface area contributed by atoms with Crippen molar-refractivity contribution in [3.63, 3.8) is 0 Å². The van der Waals surface area contributed by atoms with Crippen molar-refractivity contribution in [1.82, 2.24) is 4.90 Å². The Labute approximate surface area is 94.7 Å². The lowest BCUT2D eigenvalue weighted by Crippen LogP contribution is -2.23. The Morgan fingerprint density at radius 3 is 2.88 bits per heavy atom. The van der Waals surface area contributed by atoms with Crippen LogP contribution in [0, 0.1) is 0 Å². The number of furan rings is 1. The number of hydrogen-bond donors (Lipinski definition) is 0. The van der Waals surface area contributed by atoms with Gasteiger partial charge < -0.3 is 4.42 Å². The molecule has 16 heavy (non-hydrogen) atoms. The summed E-state index contributed by atoms with van der Waals surface area (Å²) in [6.45, 7) is 2.81. The highest BCUT2D eigenvalue weighted by molar-refractivity contribution is 5.81. The SMILES string of the molecule is CC(=O)CN(C)Cc1coc2ccccc12. The predicted octanol–water partition coefficient (Wildman–Crippen LogP) is 2.45. The summed E-state index contributed by atoms with van der Waals surface area (Å²) >= 11 is 0. The molecule has 0 aliphatic carbocycles. The third-order valence-electron chi connectivity index (χ3n) is 2.49. The summed E-state index contributed by atoms with van der Waals surface area (Å²) in [6, 6.07) is 7.93. The van der Waals surface area contributed by atoms with E-state index in [1.807, 2.05) is 36.2 Å². The molecule has 0 N–H and O–H groups in total. The van der Waals surface area contributed by atoms with Gasteiger partial charge in [0.2, 0.25) is 0 Å². The van der Waals surface area contributed by atoms with Crippen LogP contribution in [0.1, 0.15) is 12.5 Å². The molecule has 0 saturated carbocycles. The van der Waals surface area contributed by atoms with E-state index in [0.717, 1.165) is 23.1 Å². The number of ketones is 1. The summed E-state index contributed by atoms with van der Waals surface area (Å²) in [5, 5.41) is 1.12. The van der Waals surface area contributed by atoms with Crippen LogP contribution in [0.2, 0.25) is 0 Å². The predicted molar refractivity (Wildman–Crippen MR) is 63.2 cm³/mol. The Hall–Kier alpha value is -1.61. The topological polar surface area (TPSA) is 33.5 Å². The smallest absolute Gasteiger partial charge is 0.143 e. The molecule has 0 unspecified atom stereocenters. The number of hydrogen-bond acceptors (Lipinski definition) is 3. The van der Waals surface area contributed by atoms with E-state index in [1.165, 1.54) is 0 Å². The summed E-state index contributed by atoms with van der Waals surface area (Å²) < 4.78 is 5.44. The number of benzene rings is 1. The van der Waals surface area contributed by atoms with Crippen LogP contribution in [-0.4, -0.2) is 24.3 Å². The molecule has 0 aliphatic rings. The van der Waals surface area contributed by atoms with Crippen LogP contribution in [0.4, 0.5) is 0 Å². The minimum absolute atomic E-state index is 0.176. The highest BCUT2D eigenvalue weighted by Gasteiger charge is 2.08. The van der Waals surface area contributed by atoms with Crippen molar-refractivity contribution in [1.29, 1.82) is 0 Å². The lowest BCUT2D eigenvalue weighted by molar-refractivity contribution is -0.117. The Kier molecular flexibility index (Phi) is 3.06. The van der Waals surface area contributed by atoms with E-state index in [4.69, 9.17) is 4.42 Å². The quantitative estimate of drug-likeness (QED) is 0.788. The molecule has 0 radical (unpaired) electrons. The Morgan fingerprint density at radius 2 is 2.12 bits per heavy atom. The number of likely N-dealkylation sites (N-methyl/N-ethyl adjacent to an activating group) is 1. The standard InChI is InChI=1S/C13H15NO2/c1-10(15)7-14(2)8-11-9-16-13-6-4-3-5-12(11)13/h3-6,9H,7-8H2,1-2H3. The van der Waals surface area contributed by atoms with Gasteiger partial charge in [0.15, 0.2) is 0 Å². The first kappa shape index (κ1) is 10.9. The van der Waals surface area contributed by atoms with Gasteiger partial charge >= 0.3 is 0 Å². The van der Waals surface area contributed by atoms with Crippen LogP contribution >= 0.6 is 0 Å². The van der Waals surface area contributed by atoms with E-state index in [0.29, 0.717) is 6.54 Å². The minimum atomic E-state index is 0.176. The van der Waals surface area contributed by atoms with E-state index < -0.39 is 0 Å². The maximum absolute atomic E-state index is 11.0. The van der Waals surface area contributed by atoms with Gasteiger partial charge in [-0.25, -0.2) is 0 Å². The molecule has 0 atom stereocenters. The molecule has 0 saturated heterocycles. The number of para-hydroxylation sites is 1. The molecule has 84 valence electrons. The lowest BCUT2D eigenvalue weighted by Gasteiger charge is -2.13. The highest BCUT2D eigenvalue weighted by atomic mass is 16.3. The molecular formula is C13H15NO2. The van der Waals surface area contributed by atoms with Gasteiger partial charge in [0.25, 0.3) is 0 Å². The third kappa shape index (κ3) is 2.31. The first-order valence-corrected chi connectivity index (χ1v) is 5.30. The molecule has 0 bridgehead atoms. The number of nitrogens with zero attached hydrogens (tertiary/aromatic N) is 1. The largest absolute Gasteiger partial charge is 0.464 e. The van der Waals surface area contributed by atoms with Crippen molar-refractivity contribution in [2.45, 2.75) is 13.5 Å². The average molecular weight is 217 g/mol. The number of carbonyl (C=O) groups excluding carboxylic acids is 1. The van der Waals surface area contributed by atoms with Crippen molar-refractivity contribution in [2.24, 2.45) is 0 Å². The molecule has 1 aromatic heterocycles. The van der Waals surface area contributed by atoms with E-state index in [9.17, 15) is 4.79 Å². The van der Waals surface area contributed by atoms with Gasteiger partial charge in [-0.3, -0.25) is 9.69 Å². The van der Waals surface area contributed by atoms with Gasteiger partial charge in [-0.2, -0.15) is 0 Å². The fourth-order valence-corrected chi connectivity index (χ4v) is 1.88. The zero-order valence-corrected chi connectivity index (χ0v) is 9.56. The van der Waals surface area contributed by atoms with Gasteiger partial charge in [0.05, 0.1) is 12.8 Å². The van der Waals surface area contributed by atoms with Crippen molar-refractivity contribution < 1.29 is 9.21 Å². The zero-order chi connectivity index (χ0) is 11.5. The fourth-order valence-electron chi connectivity index (χ4n) is 1.88. The molecule has 1 heterocycles. The van der Waals surface area contributed by atoms with Gasteiger partial charge in [-0.05, 0) is 20.0 Å². The van der Waals surface area contributed by atoms with Crippen molar-refractivity contribution in [2.75, 3.05) is 13.6 Å². The van der Waals surface area contributed by atoms with Crippen LogP contribution in [0.15, 0.2) is 34.9 Å². The second-order valence-electron chi connectivity index (χ2n) is 4.13. The van der Waals surface area contributed by atoms with Crippen molar-refractivity contribution in [3.05, 3.63) is 36.1 Å². The minimum Gasteiger partial charge on any atom is -0.464 e. The van der Waals surface area contributed by atoms with E-state index in [1.54, 1.807) is 13.2 Å². The van der Waals surface area contributed by atoms with E-state index in [2.05, 4.69) is 0 Å². The second-order valence-corrected chi connectivity index (χ2v) is 4.13. The second kappa shape index (κ2) is 4.49. The van der Waals surface area contributed by atoms with Crippen molar-refractivity contribution >= 4 is 16.8 Å². The summed E-state index contributed by atoms with van der Waals surface area (Å²) in [5.74, 6) is 0.176. The van der Waals surface area contributed by atoms with Crippen LogP contribution in [0.5, 0.6) is 0 Å². The van der Waals surface area contributed by atoms with Gasteiger partial charge in [0.1, 0.15) is 11.4 Å².